The van der Waals surface area contributed by atoms with E-state index in [0.717, 1.165) is 23.8 Å². The van der Waals surface area contributed by atoms with Crippen LogP contribution in [0.1, 0.15) is 18.4 Å². The van der Waals surface area contributed by atoms with Crippen molar-refractivity contribution >= 4 is 17.5 Å². The predicted octanol–water partition coefficient (Wildman–Crippen LogP) is 2.16. The van der Waals surface area contributed by atoms with E-state index in [2.05, 4.69) is 4.90 Å². The summed E-state index contributed by atoms with van der Waals surface area (Å²) < 4.78 is 5.60. The number of Topliss-reactive ketones (excluding diaryl/α,β-unsaturated/α-hetero) is 1. The van der Waals surface area contributed by atoms with Gasteiger partial charge in [0.1, 0.15) is 17.3 Å². The van der Waals surface area contributed by atoms with E-state index in [1.54, 1.807) is 18.7 Å². The quantitative estimate of drug-likeness (QED) is 0.745. The molecule has 1 aromatic heterocycles. The van der Waals surface area contributed by atoms with Gasteiger partial charge in [-0.3, -0.25) is 4.79 Å². The molecular weight excluding hydrogens is 210 g/mol. The van der Waals surface area contributed by atoms with E-state index in [-0.39, 0.29) is 5.78 Å². The van der Waals surface area contributed by atoms with Gasteiger partial charge in [-0.2, -0.15) is 0 Å². The van der Waals surface area contributed by atoms with Crippen LogP contribution in [0.5, 0.6) is 0 Å². The molecule has 0 fully saturated rings. The lowest BCUT2D eigenvalue weighted by atomic mass is 10.4. The zero-order chi connectivity index (χ0) is 11.3. The third-order valence-corrected chi connectivity index (χ3v) is 2.84. The van der Waals surface area contributed by atoms with E-state index in [1.165, 1.54) is 0 Å². The smallest absolute Gasteiger partial charge is 0.139 e. The molecule has 0 radical (unpaired) electrons. The molecule has 0 unspecified atom stereocenters. The van der Waals surface area contributed by atoms with E-state index in [9.17, 15) is 4.79 Å². The minimum Gasteiger partial charge on any atom is -0.464 e. The van der Waals surface area contributed by atoms with Gasteiger partial charge in [0, 0.05) is 0 Å². The standard InChI is InChI=1S/C11H17NO2S/c1-9(13)7-15-8-11-5-4-10(14-11)6-12(2)3/h4-5H,6-8H2,1-3H3. The Hall–Kier alpha value is -0.740. The monoisotopic (exact) mass is 227 g/mol. The first-order chi connectivity index (χ1) is 7.08. The van der Waals surface area contributed by atoms with Gasteiger partial charge in [0.25, 0.3) is 0 Å². The summed E-state index contributed by atoms with van der Waals surface area (Å²) in [5.74, 6) is 3.45. The summed E-state index contributed by atoms with van der Waals surface area (Å²) in [4.78, 5) is 12.8. The molecule has 0 N–H and O–H groups in total. The van der Waals surface area contributed by atoms with Gasteiger partial charge in [-0.1, -0.05) is 0 Å². The van der Waals surface area contributed by atoms with Gasteiger partial charge in [0.2, 0.25) is 0 Å². The van der Waals surface area contributed by atoms with Crippen molar-refractivity contribution < 1.29 is 9.21 Å². The zero-order valence-corrected chi connectivity index (χ0v) is 10.3. The molecule has 0 atom stereocenters. The second-order valence-electron chi connectivity index (χ2n) is 3.80. The fraction of sp³-hybridized carbons (Fsp3) is 0.545. The second-order valence-corrected chi connectivity index (χ2v) is 4.79. The summed E-state index contributed by atoms with van der Waals surface area (Å²) in [7, 11) is 4.01. The van der Waals surface area contributed by atoms with Crippen LogP contribution in [-0.2, 0) is 17.1 Å². The lowest BCUT2D eigenvalue weighted by molar-refractivity contribution is -0.114. The third kappa shape index (κ3) is 5.04. The highest BCUT2D eigenvalue weighted by atomic mass is 32.2. The van der Waals surface area contributed by atoms with Crippen LogP contribution >= 0.6 is 11.8 Å². The first-order valence-corrected chi connectivity index (χ1v) is 6.03. The summed E-state index contributed by atoms with van der Waals surface area (Å²) in [6.45, 7) is 2.42. The molecule has 3 nitrogen and oxygen atoms in total. The van der Waals surface area contributed by atoms with Crippen molar-refractivity contribution in [1.29, 1.82) is 0 Å². The molecule has 0 aromatic carbocycles. The van der Waals surface area contributed by atoms with Crippen LogP contribution in [0.25, 0.3) is 0 Å². The van der Waals surface area contributed by atoms with Crippen LogP contribution in [0.2, 0.25) is 0 Å². The van der Waals surface area contributed by atoms with Crippen molar-refractivity contribution in [1.82, 2.24) is 4.90 Å². The molecule has 0 saturated carbocycles. The lowest BCUT2D eigenvalue weighted by Crippen LogP contribution is -2.09. The number of thioether (sulfide) groups is 1. The Morgan fingerprint density at radius 3 is 2.67 bits per heavy atom. The van der Waals surface area contributed by atoms with Crippen LogP contribution in [-0.4, -0.2) is 30.5 Å². The van der Waals surface area contributed by atoms with Crippen molar-refractivity contribution in [3.05, 3.63) is 23.7 Å². The highest BCUT2D eigenvalue weighted by Gasteiger charge is 2.03. The number of hydrogen-bond acceptors (Lipinski definition) is 4. The van der Waals surface area contributed by atoms with E-state index in [1.807, 2.05) is 26.2 Å². The molecule has 84 valence electrons. The van der Waals surface area contributed by atoms with Crippen LogP contribution in [0.4, 0.5) is 0 Å². The summed E-state index contributed by atoms with van der Waals surface area (Å²) in [5, 5.41) is 0. The largest absolute Gasteiger partial charge is 0.464 e. The minimum atomic E-state index is 0.208. The Labute approximate surface area is 94.8 Å². The molecule has 0 spiro atoms. The second kappa shape index (κ2) is 5.98. The SMILES string of the molecule is CC(=O)CSCc1ccc(CN(C)C)o1. The molecular formula is C11H17NO2S. The fourth-order valence-electron chi connectivity index (χ4n) is 1.19. The molecule has 0 aliphatic heterocycles. The summed E-state index contributed by atoms with van der Waals surface area (Å²) in [6.07, 6.45) is 0. The average molecular weight is 227 g/mol. The Morgan fingerprint density at radius 2 is 2.07 bits per heavy atom. The van der Waals surface area contributed by atoms with Crippen molar-refractivity contribution in [3.63, 3.8) is 0 Å². The molecule has 0 saturated heterocycles. The molecule has 0 bridgehead atoms. The van der Waals surface area contributed by atoms with Gasteiger partial charge >= 0.3 is 0 Å². The van der Waals surface area contributed by atoms with Gasteiger partial charge in [0.15, 0.2) is 0 Å². The van der Waals surface area contributed by atoms with Gasteiger partial charge in [-0.05, 0) is 33.2 Å². The molecule has 1 rings (SSSR count). The van der Waals surface area contributed by atoms with E-state index >= 15 is 0 Å². The highest BCUT2D eigenvalue weighted by Crippen LogP contribution is 2.16. The van der Waals surface area contributed by atoms with Crippen LogP contribution in [0, 0.1) is 0 Å². The fourth-order valence-corrected chi connectivity index (χ4v) is 1.94. The first kappa shape index (κ1) is 12.3. The van der Waals surface area contributed by atoms with Crippen molar-refractivity contribution in [2.24, 2.45) is 0 Å². The topological polar surface area (TPSA) is 33.5 Å². The number of nitrogens with zero attached hydrogens (tertiary/aromatic N) is 1. The van der Waals surface area contributed by atoms with E-state index < -0.39 is 0 Å². The Kier molecular flexibility index (Phi) is 4.91. The van der Waals surface area contributed by atoms with E-state index in [4.69, 9.17) is 4.42 Å². The number of carbonyl (C=O) groups excluding carboxylic acids is 1. The summed E-state index contributed by atoms with van der Waals surface area (Å²) in [5.41, 5.74) is 0. The first-order valence-electron chi connectivity index (χ1n) is 4.87. The van der Waals surface area contributed by atoms with Crippen molar-refractivity contribution in [2.75, 3.05) is 19.8 Å². The number of rotatable bonds is 6. The summed E-state index contributed by atoms with van der Waals surface area (Å²) >= 11 is 1.59. The number of hydrogen-bond donors (Lipinski definition) is 0. The molecule has 0 aliphatic carbocycles. The van der Waals surface area contributed by atoms with Crippen molar-refractivity contribution in [2.45, 2.75) is 19.2 Å². The molecule has 0 aliphatic rings. The minimum absolute atomic E-state index is 0.208. The molecule has 4 heteroatoms. The van der Waals surface area contributed by atoms with Crippen LogP contribution in [0.15, 0.2) is 16.5 Å². The lowest BCUT2D eigenvalue weighted by Gasteiger charge is -2.05. The molecule has 1 heterocycles. The van der Waals surface area contributed by atoms with Gasteiger partial charge in [-0.25, -0.2) is 0 Å². The molecule has 0 amide bonds. The Balaban J connectivity index is 2.36. The van der Waals surface area contributed by atoms with Gasteiger partial charge < -0.3 is 9.32 Å². The maximum Gasteiger partial charge on any atom is 0.139 e. The van der Waals surface area contributed by atoms with Gasteiger partial charge in [0.05, 0.1) is 18.1 Å². The summed E-state index contributed by atoms with van der Waals surface area (Å²) in [6, 6.07) is 3.97. The highest BCUT2D eigenvalue weighted by molar-refractivity contribution is 7.99. The maximum absolute atomic E-state index is 10.7. The third-order valence-electron chi connectivity index (χ3n) is 1.74. The predicted molar refractivity (Wildman–Crippen MR) is 62.9 cm³/mol. The Bertz CT molecular complexity index is 320. The zero-order valence-electron chi connectivity index (χ0n) is 9.45. The number of ketones is 1. The Morgan fingerprint density at radius 1 is 1.40 bits per heavy atom. The van der Waals surface area contributed by atoms with Crippen LogP contribution in [0.3, 0.4) is 0 Å². The van der Waals surface area contributed by atoms with Crippen LogP contribution < -0.4 is 0 Å². The average Bonchev–Trinajstić information content (AvgIpc) is 2.50. The molecule has 1 aromatic rings. The molecule has 15 heavy (non-hydrogen) atoms. The van der Waals surface area contributed by atoms with E-state index in [0.29, 0.717) is 5.75 Å². The van der Waals surface area contributed by atoms with Crippen molar-refractivity contribution in [3.8, 4) is 0 Å². The maximum atomic E-state index is 10.7. The number of furan rings is 1. The normalized spacial score (nSPS) is 10.9. The number of carbonyl (C=O) groups is 1. The van der Waals surface area contributed by atoms with Gasteiger partial charge in [-0.15, -0.1) is 11.8 Å².